The summed E-state index contributed by atoms with van der Waals surface area (Å²) in [4.78, 5) is 8.44. The molecule has 3 rings (SSSR count). The minimum atomic E-state index is -0.325. The van der Waals surface area contributed by atoms with Crippen LogP contribution in [0.5, 0.6) is 5.75 Å². The van der Waals surface area contributed by atoms with Crippen LogP contribution in [0.15, 0.2) is 54.6 Å². The second-order valence-electron chi connectivity index (χ2n) is 4.71. The predicted molar refractivity (Wildman–Crippen MR) is 83.8 cm³/mol. The van der Waals surface area contributed by atoms with Crippen LogP contribution in [0.1, 0.15) is 0 Å². The third kappa shape index (κ3) is 2.74. The minimum Gasteiger partial charge on any atom is -0.496 e. The summed E-state index contributed by atoms with van der Waals surface area (Å²) >= 11 is 0. The van der Waals surface area contributed by atoms with Gasteiger partial charge in [-0.15, -0.1) is 0 Å². The molecule has 0 bridgehead atoms. The summed E-state index contributed by atoms with van der Waals surface area (Å²) in [6.07, 6.45) is 0. The Hall–Kier alpha value is -2.95. The van der Waals surface area contributed by atoms with Crippen LogP contribution in [0.3, 0.4) is 0 Å². The van der Waals surface area contributed by atoms with Crippen LogP contribution in [0.25, 0.3) is 22.5 Å². The normalized spacial score (nSPS) is 10.5. The third-order valence-electron chi connectivity index (χ3n) is 3.25. The van der Waals surface area contributed by atoms with E-state index >= 15 is 0 Å². The molecule has 3 aromatic rings. The van der Waals surface area contributed by atoms with Crippen molar-refractivity contribution < 1.29 is 9.13 Å². The van der Waals surface area contributed by atoms with Gasteiger partial charge in [-0.3, -0.25) is 0 Å². The number of hydrogen-bond donors (Lipinski definition) is 1. The maximum absolute atomic E-state index is 13.4. The lowest BCUT2D eigenvalue weighted by Gasteiger charge is -2.10. The van der Waals surface area contributed by atoms with Gasteiger partial charge in [-0.1, -0.05) is 24.3 Å². The minimum absolute atomic E-state index is 0.127. The molecule has 2 N–H and O–H groups in total. The van der Waals surface area contributed by atoms with Crippen LogP contribution in [0.2, 0.25) is 0 Å². The fraction of sp³-hybridized carbons (Fsp3) is 0.0588. The quantitative estimate of drug-likeness (QED) is 0.803. The fourth-order valence-corrected chi connectivity index (χ4v) is 2.26. The van der Waals surface area contributed by atoms with Crippen molar-refractivity contribution in [3.63, 3.8) is 0 Å². The lowest BCUT2D eigenvalue weighted by Crippen LogP contribution is -1.99. The molecule has 4 nitrogen and oxygen atoms in total. The zero-order chi connectivity index (χ0) is 15.5. The van der Waals surface area contributed by atoms with Crippen molar-refractivity contribution in [1.29, 1.82) is 0 Å². The Morgan fingerprint density at radius 1 is 0.955 bits per heavy atom. The standard InChI is InChI=1S/C17H14FN3O/c1-22-16-8-3-2-7-13(16)15-10-14(20-17(19)21-15)11-5-4-6-12(18)9-11/h2-10H,1H3,(H2,19,20,21). The van der Waals surface area contributed by atoms with Crippen LogP contribution in [-0.4, -0.2) is 17.1 Å². The summed E-state index contributed by atoms with van der Waals surface area (Å²) in [7, 11) is 1.59. The molecule has 0 amide bonds. The highest BCUT2D eigenvalue weighted by Crippen LogP contribution is 2.31. The maximum Gasteiger partial charge on any atom is 0.221 e. The lowest BCUT2D eigenvalue weighted by molar-refractivity contribution is 0.416. The first-order valence-electron chi connectivity index (χ1n) is 6.71. The van der Waals surface area contributed by atoms with Gasteiger partial charge in [-0.05, 0) is 30.3 Å². The summed E-state index contributed by atoms with van der Waals surface area (Å²) in [6, 6.07) is 15.5. The van der Waals surface area contributed by atoms with Gasteiger partial charge >= 0.3 is 0 Å². The van der Waals surface area contributed by atoms with Gasteiger partial charge in [0.05, 0.1) is 18.5 Å². The monoisotopic (exact) mass is 295 g/mol. The van der Waals surface area contributed by atoms with Crippen LogP contribution in [0.4, 0.5) is 10.3 Å². The zero-order valence-electron chi connectivity index (χ0n) is 12.0. The van der Waals surface area contributed by atoms with E-state index in [1.807, 2.05) is 24.3 Å². The largest absolute Gasteiger partial charge is 0.496 e. The van der Waals surface area contributed by atoms with Crippen molar-refractivity contribution in [1.82, 2.24) is 9.97 Å². The van der Waals surface area contributed by atoms with Gasteiger partial charge < -0.3 is 10.5 Å². The third-order valence-corrected chi connectivity index (χ3v) is 3.25. The molecule has 2 aromatic carbocycles. The van der Waals surface area contributed by atoms with E-state index in [4.69, 9.17) is 10.5 Å². The van der Waals surface area contributed by atoms with E-state index in [0.29, 0.717) is 22.7 Å². The summed E-state index contributed by atoms with van der Waals surface area (Å²) in [5.74, 6) is 0.488. The highest BCUT2D eigenvalue weighted by molar-refractivity contribution is 5.73. The van der Waals surface area contributed by atoms with Crippen molar-refractivity contribution >= 4 is 5.95 Å². The van der Waals surface area contributed by atoms with Crippen molar-refractivity contribution in [3.8, 4) is 28.3 Å². The van der Waals surface area contributed by atoms with Gasteiger partial charge in [0.1, 0.15) is 11.6 Å². The second-order valence-corrected chi connectivity index (χ2v) is 4.71. The summed E-state index contributed by atoms with van der Waals surface area (Å²) in [6.45, 7) is 0. The van der Waals surface area contributed by atoms with E-state index in [0.717, 1.165) is 5.56 Å². The Bertz CT molecular complexity index is 821. The van der Waals surface area contributed by atoms with E-state index in [1.54, 1.807) is 25.3 Å². The molecule has 1 aromatic heterocycles. The van der Waals surface area contributed by atoms with Crippen LogP contribution < -0.4 is 10.5 Å². The number of benzene rings is 2. The van der Waals surface area contributed by atoms with Crippen molar-refractivity contribution in [3.05, 3.63) is 60.4 Å². The number of nitrogen functional groups attached to an aromatic ring is 1. The average molecular weight is 295 g/mol. The smallest absolute Gasteiger partial charge is 0.221 e. The Morgan fingerprint density at radius 3 is 2.50 bits per heavy atom. The number of nitrogens with two attached hydrogens (primary N) is 1. The number of hydrogen-bond acceptors (Lipinski definition) is 4. The maximum atomic E-state index is 13.4. The second kappa shape index (κ2) is 5.81. The molecule has 0 atom stereocenters. The van der Waals surface area contributed by atoms with Gasteiger partial charge in [0, 0.05) is 11.1 Å². The van der Waals surface area contributed by atoms with Crippen molar-refractivity contribution in [2.75, 3.05) is 12.8 Å². The van der Waals surface area contributed by atoms with E-state index in [1.165, 1.54) is 12.1 Å². The van der Waals surface area contributed by atoms with Crippen LogP contribution in [0, 0.1) is 5.82 Å². The molecular formula is C17H14FN3O. The number of methoxy groups -OCH3 is 1. The molecule has 0 unspecified atom stereocenters. The van der Waals surface area contributed by atoms with Gasteiger partial charge in [0.25, 0.3) is 0 Å². The molecule has 0 saturated heterocycles. The summed E-state index contributed by atoms with van der Waals surface area (Å²) in [5, 5.41) is 0. The molecule has 1 heterocycles. The number of halogens is 1. The highest BCUT2D eigenvalue weighted by atomic mass is 19.1. The first kappa shape index (κ1) is 14.0. The Labute approximate surface area is 127 Å². The van der Waals surface area contributed by atoms with E-state index in [9.17, 15) is 4.39 Å². The van der Waals surface area contributed by atoms with Gasteiger partial charge in [0.2, 0.25) is 5.95 Å². The van der Waals surface area contributed by atoms with E-state index in [-0.39, 0.29) is 11.8 Å². The highest BCUT2D eigenvalue weighted by Gasteiger charge is 2.11. The molecular weight excluding hydrogens is 281 g/mol. The Morgan fingerprint density at radius 2 is 1.73 bits per heavy atom. The number of para-hydroxylation sites is 1. The Balaban J connectivity index is 2.15. The fourth-order valence-electron chi connectivity index (χ4n) is 2.26. The van der Waals surface area contributed by atoms with Crippen molar-refractivity contribution in [2.45, 2.75) is 0 Å². The first-order chi connectivity index (χ1) is 10.7. The summed E-state index contributed by atoms with van der Waals surface area (Å²) < 4.78 is 18.7. The number of aromatic nitrogens is 2. The molecule has 0 aliphatic carbocycles. The lowest BCUT2D eigenvalue weighted by atomic mass is 10.1. The van der Waals surface area contributed by atoms with E-state index in [2.05, 4.69) is 9.97 Å². The molecule has 0 saturated carbocycles. The zero-order valence-corrected chi connectivity index (χ0v) is 12.0. The average Bonchev–Trinajstić information content (AvgIpc) is 2.54. The topological polar surface area (TPSA) is 61.0 Å². The number of ether oxygens (including phenoxy) is 1. The molecule has 110 valence electrons. The Kier molecular flexibility index (Phi) is 3.70. The molecule has 0 aliphatic heterocycles. The molecule has 5 heteroatoms. The predicted octanol–water partition coefficient (Wildman–Crippen LogP) is 3.54. The van der Waals surface area contributed by atoms with Gasteiger partial charge in [-0.2, -0.15) is 0 Å². The van der Waals surface area contributed by atoms with Crippen molar-refractivity contribution in [2.24, 2.45) is 0 Å². The molecule has 0 fully saturated rings. The molecule has 0 radical (unpaired) electrons. The molecule has 0 aliphatic rings. The van der Waals surface area contributed by atoms with Gasteiger partial charge in [-0.25, -0.2) is 14.4 Å². The summed E-state index contributed by atoms with van der Waals surface area (Å²) in [5.41, 5.74) is 8.44. The number of anilines is 1. The molecule has 22 heavy (non-hydrogen) atoms. The van der Waals surface area contributed by atoms with Crippen LogP contribution >= 0.6 is 0 Å². The SMILES string of the molecule is COc1ccccc1-c1cc(-c2cccc(F)c2)nc(N)n1. The first-order valence-corrected chi connectivity index (χ1v) is 6.71. The van der Waals surface area contributed by atoms with E-state index < -0.39 is 0 Å². The number of rotatable bonds is 3. The van der Waals surface area contributed by atoms with Gasteiger partial charge in [0.15, 0.2) is 0 Å². The van der Waals surface area contributed by atoms with Crippen LogP contribution in [-0.2, 0) is 0 Å². The molecule has 0 spiro atoms. The number of nitrogens with zero attached hydrogens (tertiary/aromatic N) is 2.